The summed E-state index contributed by atoms with van der Waals surface area (Å²) >= 11 is 0. The van der Waals surface area contributed by atoms with Crippen molar-refractivity contribution in [2.45, 2.75) is 18.9 Å². The number of hydrogen-bond donors (Lipinski definition) is 2. The van der Waals surface area contributed by atoms with Gasteiger partial charge in [0.05, 0.1) is 11.8 Å². The maximum absolute atomic E-state index is 11.9. The molecule has 1 aliphatic heterocycles. The Morgan fingerprint density at radius 3 is 2.89 bits per heavy atom. The van der Waals surface area contributed by atoms with Gasteiger partial charge in [-0.1, -0.05) is 0 Å². The van der Waals surface area contributed by atoms with Crippen LogP contribution in [0.4, 0.5) is 0 Å². The van der Waals surface area contributed by atoms with Crippen molar-refractivity contribution < 1.29 is 14.3 Å². The predicted molar refractivity (Wildman–Crippen MR) is 63.1 cm³/mol. The molecule has 1 aliphatic rings. The van der Waals surface area contributed by atoms with E-state index in [0.29, 0.717) is 12.0 Å². The van der Waals surface area contributed by atoms with Crippen molar-refractivity contribution in [2.75, 3.05) is 0 Å². The Morgan fingerprint density at radius 2 is 2.33 bits per heavy atom. The first kappa shape index (κ1) is 12.3. The minimum absolute atomic E-state index is 0.188. The van der Waals surface area contributed by atoms with E-state index in [-0.39, 0.29) is 11.3 Å². The molecule has 3 N–H and O–H groups in total. The molecule has 0 aromatic carbocycles. The molecule has 1 aromatic rings. The van der Waals surface area contributed by atoms with Crippen molar-refractivity contribution in [2.24, 2.45) is 5.84 Å². The highest BCUT2D eigenvalue weighted by atomic mass is 16.5. The number of hydrazine groups is 1. The molecular weight excluding hydrogens is 234 g/mol. The number of ether oxygens (including phenoxy) is 1. The predicted octanol–water partition coefficient (Wildman–Crippen LogP) is 0.403. The van der Waals surface area contributed by atoms with Crippen LogP contribution in [0.3, 0.4) is 0 Å². The standard InChI is InChI=1S/C12H13N3O3/c1-8(16)12(4-2-6-18-12)10-7-14-5-3-9(10)11(17)15-13/h2-3,5-7H,4,13H2,1H3,(H,15,17). The molecule has 2 rings (SSSR count). The maximum Gasteiger partial charge on any atom is 0.265 e. The zero-order valence-corrected chi connectivity index (χ0v) is 9.84. The Bertz CT molecular complexity index is 517. The van der Waals surface area contributed by atoms with Crippen LogP contribution in [-0.4, -0.2) is 16.7 Å². The SMILES string of the molecule is CC(=O)C1(c2cnccc2C(=O)NN)CC=CO1. The number of aromatic nitrogens is 1. The van der Waals surface area contributed by atoms with E-state index in [1.165, 1.54) is 31.6 Å². The summed E-state index contributed by atoms with van der Waals surface area (Å²) in [5.41, 5.74) is 1.58. The van der Waals surface area contributed by atoms with Gasteiger partial charge in [0.1, 0.15) is 0 Å². The summed E-state index contributed by atoms with van der Waals surface area (Å²) in [6.45, 7) is 1.42. The molecular formula is C12H13N3O3. The van der Waals surface area contributed by atoms with Crippen molar-refractivity contribution >= 4 is 11.7 Å². The first-order valence-electron chi connectivity index (χ1n) is 5.41. The summed E-state index contributed by atoms with van der Waals surface area (Å²) in [5.74, 6) is 4.46. The first-order chi connectivity index (χ1) is 8.62. The minimum atomic E-state index is -1.17. The molecule has 1 amide bonds. The van der Waals surface area contributed by atoms with Crippen molar-refractivity contribution in [3.8, 4) is 0 Å². The molecule has 0 radical (unpaired) electrons. The van der Waals surface area contributed by atoms with Crippen LogP contribution in [0.5, 0.6) is 0 Å². The molecule has 0 spiro atoms. The third kappa shape index (κ3) is 1.76. The number of hydrogen-bond acceptors (Lipinski definition) is 5. The number of carbonyl (C=O) groups excluding carboxylic acids is 2. The van der Waals surface area contributed by atoms with E-state index >= 15 is 0 Å². The number of ketones is 1. The van der Waals surface area contributed by atoms with Crippen molar-refractivity contribution in [1.29, 1.82) is 0 Å². The van der Waals surface area contributed by atoms with Gasteiger partial charge >= 0.3 is 0 Å². The van der Waals surface area contributed by atoms with Gasteiger partial charge < -0.3 is 4.74 Å². The second-order valence-corrected chi connectivity index (χ2v) is 3.97. The lowest BCUT2D eigenvalue weighted by Gasteiger charge is -2.27. The average Bonchev–Trinajstić information content (AvgIpc) is 2.88. The lowest BCUT2D eigenvalue weighted by Crippen LogP contribution is -2.38. The van der Waals surface area contributed by atoms with Crippen molar-refractivity contribution in [3.63, 3.8) is 0 Å². The highest BCUT2D eigenvalue weighted by Crippen LogP contribution is 2.37. The number of amides is 1. The van der Waals surface area contributed by atoms with Gasteiger partial charge in [0.15, 0.2) is 11.4 Å². The van der Waals surface area contributed by atoms with Gasteiger partial charge in [0.2, 0.25) is 0 Å². The number of nitrogens with zero attached hydrogens (tertiary/aromatic N) is 1. The van der Waals surface area contributed by atoms with Gasteiger partial charge in [-0.25, -0.2) is 5.84 Å². The molecule has 0 fully saturated rings. The van der Waals surface area contributed by atoms with Crippen LogP contribution in [0.2, 0.25) is 0 Å². The molecule has 6 heteroatoms. The van der Waals surface area contributed by atoms with Crippen LogP contribution >= 0.6 is 0 Å². The van der Waals surface area contributed by atoms with E-state index in [1.54, 1.807) is 6.08 Å². The third-order valence-corrected chi connectivity index (χ3v) is 2.97. The Kier molecular flexibility index (Phi) is 3.12. The number of rotatable bonds is 3. The minimum Gasteiger partial charge on any atom is -0.482 e. The fraction of sp³-hybridized carbons (Fsp3) is 0.250. The summed E-state index contributed by atoms with van der Waals surface area (Å²) in [6, 6.07) is 1.50. The van der Waals surface area contributed by atoms with Crippen LogP contribution in [0.15, 0.2) is 30.8 Å². The first-order valence-corrected chi connectivity index (χ1v) is 5.41. The molecule has 94 valence electrons. The average molecular weight is 247 g/mol. The molecule has 0 bridgehead atoms. The Morgan fingerprint density at radius 1 is 1.56 bits per heavy atom. The molecule has 6 nitrogen and oxygen atoms in total. The zero-order chi connectivity index (χ0) is 13.2. The van der Waals surface area contributed by atoms with Gasteiger partial charge in [-0.2, -0.15) is 0 Å². The number of nitrogen functional groups attached to an aromatic ring is 1. The van der Waals surface area contributed by atoms with Gasteiger partial charge in [0, 0.05) is 24.4 Å². The molecule has 2 heterocycles. The normalized spacial score (nSPS) is 21.4. The van der Waals surface area contributed by atoms with E-state index in [4.69, 9.17) is 10.6 Å². The van der Waals surface area contributed by atoms with Gasteiger partial charge in [0.25, 0.3) is 5.91 Å². The number of carbonyl (C=O) groups is 2. The number of Topliss-reactive ketones (excluding diaryl/α,β-unsaturated/α-hetero) is 1. The van der Waals surface area contributed by atoms with Crippen LogP contribution in [-0.2, 0) is 15.1 Å². The maximum atomic E-state index is 11.9. The number of nitrogens with one attached hydrogen (secondary N) is 1. The molecule has 0 aliphatic carbocycles. The Labute approximate surface area is 104 Å². The monoisotopic (exact) mass is 247 g/mol. The lowest BCUT2D eigenvalue weighted by molar-refractivity contribution is -0.134. The number of nitrogens with two attached hydrogens (primary N) is 1. The fourth-order valence-corrected chi connectivity index (χ4v) is 2.01. The Balaban J connectivity index is 2.56. The molecule has 1 atom stereocenters. The van der Waals surface area contributed by atoms with Crippen LogP contribution in [0, 0.1) is 0 Å². The van der Waals surface area contributed by atoms with Crippen molar-refractivity contribution in [1.82, 2.24) is 10.4 Å². The van der Waals surface area contributed by atoms with E-state index in [0.717, 1.165) is 0 Å². The molecule has 1 aromatic heterocycles. The van der Waals surface area contributed by atoms with Crippen molar-refractivity contribution in [3.05, 3.63) is 41.9 Å². The zero-order valence-electron chi connectivity index (χ0n) is 9.84. The fourth-order valence-electron chi connectivity index (χ4n) is 2.01. The molecule has 1 unspecified atom stereocenters. The highest BCUT2D eigenvalue weighted by Gasteiger charge is 2.43. The Hall–Kier alpha value is -2.21. The van der Waals surface area contributed by atoms with Crippen LogP contribution < -0.4 is 11.3 Å². The highest BCUT2D eigenvalue weighted by molar-refractivity contribution is 5.98. The second-order valence-electron chi connectivity index (χ2n) is 3.97. The summed E-state index contributed by atoms with van der Waals surface area (Å²) in [4.78, 5) is 27.5. The molecule has 18 heavy (non-hydrogen) atoms. The third-order valence-electron chi connectivity index (χ3n) is 2.97. The quantitative estimate of drug-likeness (QED) is 0.458. The lowest BCUT2D eigenvalue weighted by atomic mass is 9.85. The summed E-state index contributed by atoms with van der Waals surface area (Å²) in [5, 5.41) is 0. The van der Waals surface area contributed by atoms with E-state index in [2.05, 4.69) is 4.98 Å². The number of pyridine rings is 1. The largest absolute Gasteiger partial charge is 0.482 e. The smallest absolute Gasteiger partial charge is 0.265 e. The topological polar surface area (TPSA) is 94.3 Å². The van der Waals surface area contributed by atoms with Gasteiger partial charge in [-0.15, -0.1) is 0 Å². The van der Waals surface area contributed by atoms with Gasteiger partial charge in [-0.05, 0) is 19.1 Å². The summed E-state index contributed by atoms with van der Waals surface area (Å²) in [6.07, 6.45) is 6.49. The summed E-state index contributed by atoms with van der Waals surface area (Å²) in [7, 11) is 0. The second kappa shape index (κ2) is 4.58. The molecule has 0 saturated carbocycles. The molecule has 0 saturated heterocycles. The van der Waals surface area contributed by atoms with E-state index < -0.39 is 11.5 Å². The van der Waals surface area contributed by atoms with Crippen LogP contribution in [0.1, 0.15) is 29.3 Å². The van der Waals surface area contributed by atoms with Gasteiger partial charge in [-0.3, -0.25) is 20.0 Å². The van der Waals surface area contributed by atoms with E-state index in [1.807, 2.05) is 5.43 Å². The van der Waals surface area contributed by atoms with E-state index in [9.17, 15) is 9.59 Å². The van der Waals surface area contributed by atoms with Crippen LogP contribution in [0.25, 0.3) is 0 Å². The summed E-state index contributed by atoms with van der Waals surface area (Å²) < 4.78 is 5.43.